The van der Waals surface area contributed by atoms with Gasteiger partial charge in [0, 0.05) is 0 Å². The maximum atomic E-state index is 12.3. The van der Waals surface area contributed by atoms with Crippen molar-refractivity contribution >= 4 is 11.9 Å². The number of methoxy groups -OCH3 is 2. The van der Waals surface area contributed by atoms with Gasteiger partial charge < -0.3 is 18.9 Å². The van der Waals surface area contributed by atoms with Crippen LogP contribution in [0.25, 0.3) is 0 Å². The van der Waals surface area contributed by atoms with E-state index in [0.29, 0.717) is 11.1 Å². The number of ether oxygens (including phenoxy) is 4. The average molecular weight is 366 g/mol. The Morgan fingerprint density at radius 2 is 1.54 bits per heavy atom. The lowest BCUT2D eigenvalue weighted by Crippen LogP contribution is -2.07. The Hall–Kier alpha value is -3.16. The highest BCUT2D eigenvalue weighted by Crippen LogP contribution is 2.29. The summed E-state index contributed by atoms with van der Waals surface area (Å²) in [7, 11) is 2.57. The van der Waals surface area contributed by atoms with Gasteiger partial charge in [-0.15, -0.1) is 0 Å². The maximum absolute atomic E-state index is 12.3. The molecule has 2 aromatic carbocycles. The van der Waals surface area contributed by atoms with E-state index in [4.69, 9.17) is 9.47 Å². The molecule has 0 aliphatic rings. The van der Waals surface area contributed by atoms with Crippen LogP contribution in [0.1, 0.15) is 26.3 Å². The highest BCUT2D eigenvalue weighted by Gasteiger charge is 2.13. The molecule has 6 nitrogen and oxygen atoms in total. The van der Waals surface area contributed by atoms with Gasteiger partial charge in [0.25, 0.3) is 0 Å². The first-order valence-electron chi connectivity index (χ1n) is 7.42. The normalized spacial score (nSPS) is 10.3. The minimum absolute atomic E-state index is 0.0943. The lowest BCUT2D eigenvalue weighted by molar-refractivity contribution is -0.0512. The second-order valence-corrected chi connectivity index (χ2v) is 5.01. The number of hydrogen-bond acceptors (Lipinski definition) is 6. The number of carbonyl (C=O) groups is 2. The van der Waals surface area contributed by atoms with Gasteiger partial charge in [0.15, 0.2) is 11.5 Å². The number of alkyl halides is 2. The largest absolute Gasteiger partial charge is 0.493 e. The molecule has 8 heteroatoms. The average Bonchev–Trinajstić information content (AvgIpc) is 2.65. The van der Waals surface area contributed by atoms with Crippen LogP contribution in [0.4, 0.5) is 8.78 Å². The Morgan fingerprint density at radius 1 is 0.923 bits per heavy atom. The Balaban J connectivity index is 2.01. The summed E-state index contributed by atoms with van der Waals surface area (Å²) in [6, 6.07) is 9.99. The molecule has 0 aliphatic heterocycles. The fourth-order valence-corrected chi connectivity index (χ4v) is 2.09. The molecule has 0 heterocycles. The first kappa shape index (κ1) is 19.2. The van der Waals surface area contributed by atoms with Crippen LogP contribution in [0, 0.1) is 0 Å². The lowest BCUT2D eigenvalue weighted by Gasteiger charge is -2.11. The molecule has 0 amide bonds. The van der Waals surface area contributed by atoms with Gasteiger partial charge >= 0.3 is 18.6 Å². The van der Waals surface area contributed by atoms with Gasteiger partial charge in [-0.25, -0.2) is 9.59 Å². The number of rotatable bonds is 7. The summed E-state index contributed by atoms with van der Waals surface area (Å²) in [4.78, 5) is 23.4. The number of esters is 2. The van der Waals surface area contributed by atoms with Crippen molar-refractivity contribution in [3.8, 4) is 11.5 Å². The van der Waals surface area contributed by atoms with Crippen molar-refractivity contribution in [3.63, 3.8) is 0 Å². The van der Waals surface area contributed by atoms with Crippen molar-refractivity contribution in [2.45, 2.75) is 13.2 Å². The highest BCUT2D eigenvalue weighted by molar-refractivity contribution is 5.93. The van der Waals surface area contributed by atoms with Gasteiger partial charge in [0.05, 0.1) is 25.3 Å². The van der Waals surface area contributed by atoms with E-state index in [9.17, 15) is 18.4 Å². The molecule has 0 aromatic heterocycles. The number of benzene rings is 2. The van der Waals surface area contributed by atoms with Crippen molar-refractivity contribution in [2.75, 3.05) is 14.2 Å². The highest BCUT2D eigenvalue weighted by atomic mass is 19.3. The first-order chi connectivity index (χ1) is 12.4. The van der Waals surface area contributed by atoms with Crippen molar-refractivity contribution in [2.24, 2.45) is 0 Å². The number of carbonyl (C=O) groups excluding carboxylic acids is 2. The summed E-state index contributed by atoms with van der Waals surface area (Å²) < 4.78 is 43.6. The standard InChI is InChI=1S/C18H16F2O6/c1-23-15-9-11(3-8-14(15)26-18(19)20)10-25-17(22)13-6-4-12(5-7-13)16(21)24-2/h3-9,18H,10H2,1-2H3. The smallest absolute Gasteiger partial charge is 0.387 e. The van der Waals surface area contributed by atoms with Gasteiger partial charge in [-0.1, -0.05) is 6.07 Å². The van der Waals surface area contributed by atoms with Crippen LogP contribution in [-0.2, 0) is 16.1 Å². The summed E-state index contributed by atoms with van der Waals surface area (Å²) in [6.45, 7) is -3.07. The first-order valence-corrected chi connectivity index (χ1v) is 7.42. The van der Waals surface area contributed by atoms with E-state index in [2.05, 4.69) is 9.47 Å². The van der Waals surface area contributed by atoms with E-state index < -0.39 is 18.6 Å². The molecular weight excluding hydrogens is 350 g/mol. The van der Waals surface area contributed by atoms with Gasteiger partial charge in [0.1, 0.15) is 6.61 Å². The zero-order valence-electron chi connectivity index (χ0n) is 14.0. The van der Waals surface area contributed by atoms with Gasteiger partial charge in [-0.3, -0.25) is 0 Å². The third-order valence-electron chi connectivity index (χ3n) is 3.36. The van der Waals surface area contributed by atoms with E-state index in [-0.39, 0.29) is 23.7 Å². The Kier molecular flexibility index (Phi) is 6.48. The third kappa shape index (κ3) is 4.92. The molecule has 2 rings (SSSR count). The van der Waals surface area contributed by atoms with Gasteiger partial charge in [-0.05, 0) is 42.0 Å². The summed E-state index contributed by atoms with van der Waals surface area (Å²) >= 11 is 0. The van der Waals surface area contributed by atoms with E-state index in [0.717, 1.165) is 0 Å². The summed E-state index contributed by atoms with van der Waals surface area (Å²) in [6.07, 6.45) is 0. The fourth-order valence-electron chi connectivity index (χ4n) is 2.09. The lowest BCUT2D eigenvalue weighted by atomic mass is 10.1. The minimum atomic E-state index is -2.97. The van der Waals surface area contributed by atoms with Gasteiger partial charge in [-0.2, -0.15) is 8.78 Å². The van der Waals surface area contributed by atoms with E-state index >= 15 is 0 Å². The quantitative estimate of drug-likeness (QED) is 0.699. The van der Waals surface area contributed by atoms with Crippen molar-refractivity contribution in [1.82, 2.24) is 0 Å². The molecule has 0 spiro atoms. The van der Waals surface area contributed by atoms with E-state index in [1.165, 1.54) is 56.7 Å². The molecule has 0 fully saturated rings. The van der Waals surface area contributed by atoms with Crippen LogP contribution in [0.2, 0.25) is 0 Å². The van der Waals surface area contributed by atoms with Crippen molar-refractivity contribution in [3.05, 3.63) is 59.2 Å². The van der Waals surface area contributed by atoms with Crippen molar-refractivity contribution in [1.29, 1.82) is 0 Å². The van der Waals surface area contributed by atoms with Crippen molar-refractivity contribution < 1.29 is 37.3 Å². The maximum Gasteiger partial charge on any atom is 0.387 e. The summed E-state index contributed by atoms with van der Waals surface area (Å²) in [5.41, 5.74) is 1.09. The molecule has 0 unspecified atom stereocenters. The molecule has 26 heavy (non-hydrogen) atoms. The van der Waals surface area contributed by atoms with Crippen LogP contribution >= 0.6 is 0 Å². The van der Waals surface area contributed by atoms with Crippen LogP contribution < -0.4 is 9.47 Å². The fraction of sp³-hybridized carbons (Fsp3) is 0.222. The third-order valence-corrected chi connectivity index (χ3v) is 3.36. The molecular formula is C18H16F2O6. The monoisotopic (exact) mass is 366 g/mol. The summed E-state index contributed by atoms with van der Waals surface area (Å²) in [5, 5.41) is 0. The SMILES string of the molecule is COC(=O)c1ccc(C(=O)OCc2ccc(OC(F)F)c(OC)c2)cc1. The zero-order chi connectivity index (χ0) is 19.1. The Labute approximate surface area is 148 Å². The van der Waals surface area contributed by atoms with Crippen LogP contribution in [0.5, 0.6) is 11.5 Å². The molecule has 2 aromatic rings. The molecule has 0 saturated heterocycles. The molecule has 0 N–H and O–H groups in total. The molecule has 0 radical (unpaired) electrons. The molecule has 0 saturated carbocycles. The molecule has 0 atom stereocenters. The van der Waals surface area contributed by atoms with Gasteiger partial charge in [0.2, 0.25) is 0 Å². The van der Waals surface area contributed by atoms with E-state index in [1.54, 1.807) is 0 Å². The molecule has 0 aliphatic carbocycles. The Bertz CT molecular complexity index is 774. The Morgan fingerprint density at radius 3 is 2.08 bits per heavy atom. The van der Waals surface area contributed by atoms with Crippen LogP contribution in [0.3, 0.4) is 0 Å². The number of halogens is 2. The minimum Gasteiger partial charge on any atom is -0.493 e. The zero-order valence-corrected chi connectivity index (χ0v) is 14.0. The predicted molar refractivity (Wildman–Crippen MR) is 86.5 cm³/mol. The number of hydrogen-bond donors (Lipinski definition) is 0. The second-order valence-electron chi connectivity index (χ2n) is 5.01. The predicted octanol–water partition coefficient (Wildman–Crippen LogP) is 3.44. The van der Waals surface area contributed by atoms with Crippen LogP contribution in [-0.4, -0.2) is 32.8 Å². The molecule has 0 bridgehead atoms. The van der Waals surface area contributed by atoms with Crippen LogP contribution in [0.15, 0.2) is 42.5 Å². The molecule has 138 valence electrons. The van der Waals surface area contributed by atoms with E-state index in [1.807, 2.05) is 0 Å². The second kappa shape index (κ2) is 8.80. The topological polar surface area (TPSA) is 71.1 Å². The summed E-state index contributed by atoms with van der Waals surface area (Å²) in [5.74, 6) is -1.13.